The molecule has 1 aromatic carbocycles. The van der Waals surface area contributed by atoms with Crippen LogP contribution in [0.2, 0.25) is 0 Å². The number of benzene rings is 1. The molecule has 1 atom stereocenters. The van der Waals surface area contributed by atoms with Crippen LogP contribution in [0.1, 0.15) is 19.4 Å². The van der Waals surface area contributed by atoms with E-state index in [1.807, 2.05) is 0 Å². The van der Waals surface area contributed by atoms with Crippen molar-refractivity contribution in [3.63, 3.8) is 0 Å². The summed E-state index contributed by atoms with van der Waals surface area (Å²) in [6.07, 6.45) is -2.62. The molecule has 1 aliphatic heterocycles. The molecular formula is C19H18BrF3N4O3. The molecule has 3 N–H and O–H groups in total. The minimum absolute atomic E-state index is 0.0161. The molecule has 2 aromatic rings. The Kier molecular flexibility index (Phi) is 6.04. The predicted octanol–water partition coefficient (Wildman–Crippen LogP) is 4.22. The summed E-state index contributed by atoms with van der Waals surface area (Å²) in [5.41, 5.74) is 1.94. The molecule has 0 aliphatic carbocycles. The van der Waals surface area contributed by atoms with Crippen LogP contribution in [0.15, 0.2) is 46.0 Å². The fourth-order valence-electron chi connectivity index (χ4n) is 2.71. The van der Waals surface area contributed by atoms with Crippen molar-refractivity contribution in [2.24, 2.45) is 10.7 Å². The molecule has 0 spiro atoms. The van der Waals surface area contributed by atoms with E-state index in [4.69, 9.17) is 15.2 Å². The van der Waals surface area contributed by atoms with Gasteiger partial charge in [-0.05, 0) is 54.0 Å². The van der Waals surface area contributed by atoms with Gasteiger partial charge in [-0.3, -0.25) is 5.32 Å². The number of aromatic nitrogens is 1. The Morgan fingerprint density at radius 2 is 2.07 bits per heavy atom. The lowest BCUT2D eigenvalue weighted by Crippen LogP contribution is -2.53. The summed E-state index contributed by atoms with van der Waals surface area (Å²) in [7, 11) is 0. The molecule has 30 heavy (non-hydrogen) atoms. The molecule has 0 radical (unpaired) electrons. The maximum absolute atomic E-state index is 14.5. The third-order valence-corrected chi connectivity index (χ3v) is 5.00. The molecule has 0 fully saturated rings. The molecular weight excluding hydrogens is 469 g/mol. The second kappa shape index (κ2) is 8.23. The molecule has 0 saturated carbocycles. The normalized spacial score (nSPS) is 20.6. The number of alkyl halides is 2. The standard InChI is InChI=1S/C19H18BrF3N4O3/c1-18(2)16(24)27-19(9-29-18,15(22)23)12-7-11(4-5-13(12)21)26-17(28)30-14-6-3-10(20)8-25-14/h3-8,15H,9H2,1-2H3,(H2,24,27)(H,26,28). The van der Waals surface area contributed by atoms with Gasteiger partial charge in [-0.15, -0.1) is 0 Å². The summed E-state index contributed by atoms with van der Waals surface area (Å²) in [6, 6.07) is 6.26. The summed E-state index contributed by atoms with van der Waals surface area (Å²) in [6.45, 7) is 2.55. The quantitative estimate of drug-likeness (QED) is 0.673. The molecule has 1 unspecified atom stereocenters. The average molecular weight is 487 g/mol. The molecule has 3 rings (SSSR count). The number of amides is 1. The van der Waals surface area contributed by atoms with Gasteiger partial charge in [-0.1, -0.05) is 0 Å². The van der Waals surface area contributed by atoms with Crippen molar-refractivity contribution in [1.29, 1.82) is 0 Å². The second-order valence-electron chi connectivity index (χ2n) is 7.04. The minimum Gasteiger partial charge on any atom is -0.391 e. The first-order chi connectivity index (χ1) is 14.0. The van der Waals surface area contributed by atoms with Crippen LogP contribution >= 0.6 is 15.9 Å². The number of nitrogens with two attached hydrogens (primary N) is 1. The smallest absolute Gasteiger partial charge is 0.391 e. The zero-order valence-corrected chi connectivity index (χ0v) is 17.5. The van der Waals surface area contributed by atoms with Gasteiger partial charge in [0, 0.05) is 28.0 Å². The van der Waals surface area contributed by atoms with Crippen molar-refractivity contribution in [2.45, 2.75) is 31.4 Å². The number of carbonyl (C=O) groups excluding carboxylic acids is 1. The molecule has 0 saturated heterocycles. The van der Waals surface area contributed by atoms with E-state index in [-0.39, 0.29) is 17.4 Å². The fourth-order valence-corrected chi connectivity index (χ4v) is 2.94. The highest BCUT2D eigenvalue weighted by atomic mass is 79.9. The molecule has 1 amide bonds. The first-order valence-electron chi connectivity index (χ1n) is 8.72. The van der Waals surface area contributed by atoms with E-state index in [0.717, 1.165) is 12.1 Å². The molecule has 160 valence electrons. The Hall–Kier alpha value is -2.66. The first kappa shape index (κ1) is 22.0. The zero-order chi connectivity index (χ0) is 22.1. The number of aliphatic imine (C=N–C) groups is 1. The number of amidine groups is 1. The van der Waals surface area contributed by atoms with Crippen LogP contribution in [0, 0.1) is 5.82 Å². The largest absolute Gasteiger partial charge is 0.418 e. The van der Waals surface area contributed by atoms with Crippen LogP contribution in [-0.4, -0.2) is 35.5 Å². The Morgan fingerprint density at radius 1 is 1.33 bits per heavy atom. The van der Waals surface area contributed by atoms with E-state index >= 15 is 0 Å². The highest BCUT2D eigenvalue weighted by Gasteiger charge is 2.49. The van der Waals surface area contributed by atoms with Gasteiger partial charge in [0.2, 0.25) is 5.88 Å². The Balaban J connectivity index is 1.89. The van der Waals surface area contributed by atoms with Gasteiger partial charge in [-0.2, -0.15) is 0 Å². The number of hydrogen-bond acceptors (Lipinski definition) is 6. The monoisotopic (exact) mass is 486 g/mol. The fraction of sp³-hybridized carbons (Fsp3) is 0.316. The minimum atomic E-state index is -3.11. The number of rotatable bonds is 4. The van der Waals surface area contributed by atoms with Crippen LogP contribution in [0.3, 0.4) is 0 Å². The van der Waals surface area contributed by atoms with Gasteiger partial charge in [0.25, 0.3) is 6.43 Å². The molecule has 0 bridgehead atoms. The zero-order valence-electron chi connectivity index (χ0n) is 16.0. The topological polar surface area (TPSA) is 98.8 Å². The highest BCUT2D eigenvalue weighted by Crippen LogP contribution is 2.40. The number of nitrogens with zero attached hydrogens (tertiary/aromatic N) is 2. The molecule has 1 aromatic heterocycles. The maximum atomic E-state index is 14.5. The molecule has 11 heteroatoms. The third kappa shape index (κ3) is 4.41. The Labute approximate surface area is 178 Å². The number of hydrogen-bond donors (Lipinski definition) is 2. The number of carbonyl (C=O) groups is 1. The van der Waals surface area contributed by atoms with Crippen molar-refractivity contribution >= 4 is 33.5 Å². The van der Waals surface area contributed by atoms with Crippen LogP contribution in [0.4, 0.5) is 23.7 Å². The number of ether oxygens (including phenoxy) is 2. The van der Waals surface area contributed by atoms with Crippen molar-refractivity contribution < 1.29 is 27.4 Å². The third-order valence-electron chi connectivity index (χ3n) is 4.53. The molecule has 2 heterocycles. The average Bonchev–Trinajstić information content (AvgIpc) is 2.67. The lowest BCUT2D eigenvalue weighted by atomic mass is 9.88. The summed E-state index contributed by atoms with van der Waals surface area (Å²) >= 11 is 3.20. The molecule has 7 nitrogen and oxygen atoms in total. The van der Waals surface area contributed by atoms with Crippen LogP contribution in [-0.2, 0) is 10.3 Å². The van der Waals surface area contributed by atoms with Crippen LogP contribution in [0.5, 0.6) is 5.88 Å². The molecule has 1 aliphatic rings. The van der Waals surface area contributed by atoms with Crippen molar-refractivity contribution in [2.75, 3.05) is 11.9 Å². The number of pyridine rings is 1. The SMILES string of the molecule is CC1(C)OCC(c2cc(NC(=O)Oc3ccc(Br)cn3)ccc2F)(C(F)F)N=C1N. The van der Waals surface area contributed by atoms with E-state index in [0.29, 0.717) is 4.47 Å². The van der Waals surface area contributed by atoms with Gasteiger partial charge in [-0.25, -0.2) is 27.9 Å². The lowest BCUT2D eigenvalue weighted by Gasteiger charge is -2.40. The Morgan fingerprint density at radius 3 is 2.67 bits per heavy atom. The van der Waals surface area contributed by atoms with Gasteiger partial charge in [0.05, 0.1) is 6.61 Å². The van der Waals surface area contributed by atoms with E-state index in [1.54, 1.807) is 19.9 Å². The second-order valence-corrected chi connectivity index (χ2v) is 7.96. The van der Waals surface area contributed by atoms with Crippen LogP contribution < -0.4 is 15.8 Å². The van der Waals surface area contributed by atoms with Gasteiger partial charge in [0.1, 0.15) is 17.3 Å². The number of nitrogens with one attached hydrogen (secondary N) is 1. The van der Waals surface area contributed by atoms with Gasteiger partial charge < -0.3 is 15.2 Å². The van der Waals surface area contributed by atoms with Crippen molar-refractivity contribution in [1.82, 2.24) is 4.98 Å². The van der Waals surface area contributed by atoms with E-state index in [2.05, 4.69) is 31.2 Å². The summed E-state index contributed by atoms with van der Waals surface area (Å²) in [5, 5.41) is 2.35. The highest BCUT2D eigenvalue weighted by molar-refractivity contribution is 9.10. The predicted molar refractivity (Wildman–Crippen MR) is 107 cm³/mol. The van der Waals surface area contributed by atoms with E-state index in [1.165, 1.54) is 18.3 Å². The van der Waals surface area contributed by atoms with Crippen LogP contribution in [0.25, 0.3) is 0 Å². The number of anilines is 1. The maximum Gasteiger partial charge on any atom is 0.418 e. The van der Waals surface area contributed by atoms with E-state index < -0.39 is 41.6 Å². The first-order valence-corrected chi connectivity index (χ1v) is 9.51. The summed E-state index contributed by atoms with van der Waals surface area (Å²) < 4.78 is 53.8. The van der Waals surface area contributed by atoms with E-state index in [9.17, 15) is 18.0 Å². The summed E-state index contributed by atoms with van der Waals surface area (Å²) in [4.78, 5) is 19.9. The Bertz CT molecular complexity index is 985. The summed E-state index contributed by atoms with van der Waals surface area (Å²) in [5.74, 6) is -1.11. The van der Waals surface area contributed by atoms with Gasteiger partial charge in [0.15, 0.2) is 5.54 Å². The van der Waals surface area contributed by atoms with Crippen molar-refractivity contribution in [3.05, 3.63) is 52.4 Å². The lowest BCUT2D eigenvalue weighted by molar-refractivity contribution is -0.0662. The van der Waals surface area contributed by atoms with Crippen molar-refractivity contribution in [3.8, 4) is 5.88 Å². The van der Waals surface area contributed by atoms with Gasteiger partial charge >= 0.3 is 6.09 Å². The number of halogens is 4.